The Morgan fingerprint density at radius 2 is 2.07 bits per heavy atom. The molecule has 1 aromatic heterocycles. The van der Waals surface area contributed by atoms with Gasteiger partial charge in [0, 0.05) is 7.05 Å². The lowest BCUT2D eigenvalue weighted by atomic mass is 9.93. The molecule has 0 radical (unpaired) electrons. The second-order valence-electron chi connectivity index (χ2n) is 4.10. The van der Waals surface area contributed by atoms with E-state index in [1.807, 2.05) is 0 Å². The van der Waals surface area contributed by atoms with Gasteiger partial charge in [0.2, 0.25) is 0 Å². The highest BCUT2D eigenvalue weighted by molar-refractivity contribution is 9.10. The van der Waals surface area contributed by atoms with Gasteiger partial charge >= 0.3 is 0 Å². The van der Waals surface area contributed by atoms with Crippen LogP contribution in [0, 0.1) is 0 Å². The summed E-state index contributed by atoms with van der Waals surface area (Å²) in [5.41, 5.74) is -0.475. The van der Waals surface area contributed by atoms with Gasteiger partial charge in [0.25, 0.3) is 0 Å². The molecule has 0 aromatic carbocycles. The summed E-state index contributed by atoms with van der Waals surface area (Å²) in [5.74, 6) is 0. The van der Waals surface area contributed by atoms with Gasteiger partial charge in [-0.15, -0.1) is 5.10 Å². The van der Waals surface area contributed by atoms with Gasteiger partial charge < -0.3 is 10.2 Å². The molecule has 0 amide bonds. The Bertz CT molecular complexity index is 341. The smallest absolute Gasteiger partial charge is 0.154 e. The van der Waals surface area contributed by atoms with Gasteiger partial charge in [-0.2, -0.15) is 0 Å². The molecule has 1 aliphatic rings. The van der Waals surface area contributed by atoms with Gasteiger partial charge in [-0.05, 0) is 28.8 Å². The summed E-state index contributed by atoms with van der Waals surface area (Å²) < 4.78 is 1.99. The van der Waals surface area contributed by atoms with E-state index in [1.54, 1.807) is 7.05 Å². The molecule has 1 atom stereocenters. The summed E-state index contributed by atoms with van der Waals surface area (Å²) in [5, 5.41) is 28.0. The zero-order chi connectivity index (χ0) is 11.1. The van der Waals surface area contributed by atoms with Crippen LogP contribution in [0.2, 0.25) is 0 Å². The van der Waals surface area contributed by atoms with Gasteiger partial charge in [-0.25, -0.2) is 4.68 Å². The van der Waals surface area contributed by atoms with Crippen molar-refractivity contribution in [2.75, 3.05) is 0 Å². The molecule has 84 valence electrons. The largest absolute Gasteiger partial charge is 0.387 e. The third-order valence-corrected chi connectivity index (χ3v) is 3.63. The van der Waals surface area contributed by atoms with Gasteiger partial charge in [-0.3, -0.25) is 0 Å². The van der Waals surface area contributed by atoms with Crippen molar-refractivity contribution in [2.24, 2.45) is 7.05 Å². The molecule has 1 aliphatic carbocycles. The predicted octanol–water partition coefficient (Wildman–Crippen LogP) is 0.916. The third-order valence-electron chi connectivity index (χ3n) is 3.06. The zero-order valence-electron chi connectivity index (χ0n) is 8.52. The lowest BCUT2D eigenvalue weighted by Gasteiger charge is -2.28. The van der Waals surface area contributed by atoms with Gasteiger partial charge in [0.15, 0.2) is 4.60 Å². The highest BCUT2D eigenvalue weighted by Crippen LogP contribution is 2.40. The fraction of sp³-hybridized carbons (Fsp3) is 0.778. The first-order valence-corrected chi connectivity index (χ1v) is 5.79. The molecule has 0 aliphatic heterocycles. The van der Waals surface area contributed by atoms with Crippen molar-refractivity contribution < 1.29 is 10.2 Å². The number of aliphatic hydroxyl groups excluding tert-OH is 1. The van der Waals surface area contributed by atoms with E-state index in [0.717, 1.165) is 12.8 Å². The van der Waals surface area contributed by atoms with E-state index in [4.69, 9.17) is 0 Å². The number of aliphatic hydroxyl groups is 2. The normalized spacial score (nSPS) is 21.9. The van der Waals surface area contributed by atoms with Crippen molar-refractivity contribution in [3.05, 3.63) is 10.3 Å². The maximum absolute atomic E-state index is 10.2. The average molecular weight is 276 g/mol. The van der Waals surface area contributed by atoms with Crippen molar-refractivity contribution in [2.45, 2.75) is 37.4 Å². The Balaban J connectivity index is 2.31. The van der Waals surface area contributed by atoms with Crippen LogP contribution >= 0.6 is 15.9 Å². The molecule has 15 heavy (non-hydrogen) atoms. The van der Waals surface area contributed by atoms with Gasteiger partial charge in [-0.1, -0.05) is 18.1 Å². The first-order chi connectivity index (χ1) is 7.04. The number of rotatable bonds is 2. The zero-order valence-corrected chi connectivity index (χ0v) is 10.1. The fourth-order valence-electron chi connectivity index (χ4n) is 2.14. The number of aryl methyl sites for hydroxylation is 1. The second-order valence-corrected chi connectivity index (χ2v) is 4.85. The van der Waals surface area contributed by atoms with Crippen LogP contribution in [0.1, 0.15) is 37.5 Å². The second kappa shape index (κ2) is 3.84. The molecule has 1 heterocycles. The van der Waals surface area contributed by atoms with E-state index in [9.17, 15) is 10.2 Å². The van der Waals surface area contributed by atoms with E-state index in [0.29, 0.717) is 23.1 Å². The molecule has 0 spiro atoms. The van der Waals surface area contributed by atoms with Gasteiger partial charge in [0.1, 0.15) is 11.8 Å². The maximum atomic E-state index is 10.2. The van der Waals surface area contributed by atoms with E-state index >= 15 is 0 Å². The number of nitrogens with zero attached hydrogens (tertiary/aromatic N) is 3. The van der Waals surface area contributed by atoms with E-state index in [1.165, 1.54) is 4.68 Å². The maximum Gasteiger partial charge on any atom is 0.154 e. The van der Waals surface area contributed by atoms with Gasteiger partial charge in [0.05, 0.1) is 5.60 Å². The fourth-order valence-corrected chi connectivity index (χ4v) is 2.69. The third kappa shape index (κ3) is 1.81. The molecular weight excluding hydrogens is 262 g/mol. The van der Waals surface area contributed by atoms with Crippen LogP contribution in [0.4, 0.5) is 0 Å². The van der Waals surface area contributed by atoms with E-state index in [2.05, 4.69) is 26.2 Å². The Morgan fingerprint density at radius 3 is 2.53 bits per heavy atom. The summed E-state index contributed by atoms with van der Waals surface area (Å²) in [6.07, 6.45) is 2.25. The molecule has 2 rings (SSSR count). The molecule has 0 saturated heterocycles. The minimum absolute atomic E-state index is 0.498. The SMILES string of the molecule is Cn1nnc(Br)c1C(O)C1(O)CCCC1. The molecule has 6 heteroatoms. The summed E-state index contributed by atoms with van der Waals surface area (Å²) in [6.45, 7) is 0. The Kier molecular flexibility index (Phi) is 2.83. The van der Waals surface area contributed by atoms with Crippen molar-refractivity contribution in [1.82, 2.24) is 15.0 Å². The number of hydrogen-bond donors (Lipinski definition) is 2. The molecule has 0 bridgehead atoms. The van der Waals surface area contributed by atoms with Crippen LogP contribution in [0.5, 0.6) is 0 Å². The first kappa shape index (κ1) is 11.0. The summed E-state index contributed by atoms with van der Waals surface area (Å²) in [4.78, 5) is 0. The van der Waals surface area contributed by atoms with Crippen LogP contribution in [0.3, 0.4) is 0 Å². The Morgan fingerprint density at radius 1 is 1.47 bits per heavy atom. The van der Waals surface area contributed by atoms with Crippen molar-refractivity contribution in [1.29, 1.82) is 0 Å². The van der Waals surface area contributed by atoms with E-state index < -0.39 is 11.7 Å². The first-order valence-electron chi connectivity index (χ1n) is 5.00. The highest BCUT2D eigenvalue weighted by atomic mass is 79.9. The van der Waals surface area contributed by atoms with Crippen LogP contribution in [-0.4, -0.2) is 30.8 Å². The molecule has 1 unspecified atom stereocenters. The predicted molar refractivity (Wildman–Crippen MR) is 57.1 cm³/mol. The molecule has 1 aromatic rings. The number of aromatic nitrogens is 3. The molecule has 1 saturated carbocycles. The summed E-state index contributed by atoms with van der Waals surface area (Å²) in [7, 11) is 1.70. The van der Waals surface area contributed by atoms with Crippen LogP contribution in [0.15, 0.2) is 4.60 Å². The average Bonchev–Trinajstić information content (AvgIpc) is 2.75. The van der Waals surface area contributed by atoms with E-state index in [-0.39, 0.29) is 0 Å². The molecule has 2 N–H and O–H groups in total. The molecule has 5 nitrogen and oxygen atoms in total. The van der Waals surface area contributed by atoms with Crippen LogP contribution in [-0.2, 0) is 7.05 Å². The quantitative estimate of drug-likeness (QED) is 0.842. The number of halogens is 1. The minimum atomic E-state index is -1.02. The van der Waals surface area contributed by atoms with Crippen molar-refractivity contribution in [3.8, 4) is 0 Å². The van der Waals surface area contributed by atoms with Crippen molar-refractivity contribution in [3.63, 3.8) is 0 Å². The summed E-state index contributed by atoms with van der Waals surface area (Å²) in [6, 6.07) is 0. The standard InChI is InChI=1S/C9H14BrN3O2/c1-13-6(8(10)11-12-13)7(14)9(15)4-2-3-5-9/h7,14-15H,2-5H2,1H3. The lowest BCUT2D eigenvalue weighted by Crippen LogP contribution is -2.34. The lowest BCUT2D eigenvalue weighted by molar-refractivity contribution is -0.0756. The van der Waals surface area contributed by atoms with Crippen molar-refractivity contribution >= 4 is 15.9 Å². The minimum Gasteiger partial charge on any atom is -0.387 e. The summed E-state index contributed by atoms with van der Waals surface area (Å²) >= 11 is 3.22. The highest BCUT2D eigenvalue weighted by Gasteiger charge is 2.41. The monoisotopic (exact) mass is 275 g/mol. The van der Waals surface area contributed by atoms with Crippen LogP contribution < -0.4 is 0 Å². The topological polar surface area (TPSA) is 71.2 Å². The Hall–Kier alpha value is -0.460. The Labute approximate surface area is 96.2 Å². The van der Waals surface area contributed by atoms with Crippen LogP contribution in [0.25, 0.3) is 0 Å². The molecular formula is C9H14BrN3O2. The molecule has 1 fully saturated rings. The number of hydrogen-bond acceptors (Lipinski definition) is 4.